The highest BCUT2D eigenvalue weighted by Gasteiger charge is 2.25. The van der Waals surface area contributed by atoms with Crippen molar-refractivity contribution < 1.29 is 9.84 Å². The summed E-state index contributed by atoms with van der Waals surface area (Å²) in [6, 6.07) is 3.44. The van der Waals surface area contributed by atoms with Gasteiger partial charge in [-0.15, -0.1) is 0 Å². The summed E-state index contributed by atoms with van der Waals surface area (Å²) in [6.45, 7) is 1.58. The topological polar surface area (TPSA) is 95.4 Å². The third kappa shape index (κ3) is 2.16. The Morgan fingerprint density at radius 1 is 1.71 bits per heavy atom. The molecule has 1 fully saturated rings. The molecule has 0 amide bonds. The van der Waals surface area contributed by atoms with Crippen LogP contribution in [0.2, 0.25) is 0 Å². The second-order valence-electron chi connectivity index (χ2n) is 3.81. The maximum absolute atomic E-state index is 9.28. The van der Waals surface area contributed by atoms with E-state index in [1.54, 1.807) is 12.3 Å². The number of aliphatic hydroxyl groups excluding tert-OH is 1. The van der Waals surface area contributed by atoms with Crippen LogP contribution in [0.3, 0.4) is 0 Å². The molecule has 1 aromatic rings. The van der Waals surface area contributed by atoms with E-state index in [9.17, 15) is 5.11 Å². The molecule has 3 N–H and O–H groups in total. The van der Waals surface area contributed by atoms with E-state index in [1.807, 2.05) is 11.0 Å². The molecular weight excluding hydrogens is 220 g/mol. The molecule has 0 bridgehead atoms. The van der Waals surface area contributed by atoms with Crippen molar-refractivity contribution in [3.63, 3.8) is 0 Å². The number of hydrogen-bond donors (Lipinski definition) is 2. The van der Waals surface area contributed by atoms with Gasteiger partial charge in [0, 0.05) is 12.7 Å². The van der Waals surface area contributed by atoms with Crippen LogP contribution in [-0.4, -0.2) is 42.5 Å². The normalized spacial score (nSPS) is 20.0. The lowest BCUT2D eigenvalue weighted by molar-refractivity contribution is 0.0723. The van der Waals surface area contributed by atoms with Gasteiger partial charge in [0.15, 0.2) is 5.82 Å². The summed E-state index contributed by atoms with van der Waals surface area (Å²) in [7, 11) is 0. The van der Waals surface area contributed by atoms with Crippen LogP contribution in [0, 0.1) is 11.3 Å². The van der Waals surface area contributed by atoms with E-state index in [-0.39, 0.29) is 12.6 Å². The number of nitrogen functional groups attached to an aromatic ring is 1. The Labute approximate surface area is 99.2 Å². The minimum Gasteiger partial charge on any atom is -0.395 e. The van der Waals surface area contributed by atoms with E-state index in [0.29, 0.717) is 36.8 Å². The first-order valence-corrected chi connectivity index (χ1v) is 5.37. The summed E-state index contributed by atoms with van der Waals surface area (Å²) >= 11 is 0. The Morgan fingerprint density at radius 2 is 2.53 bits per heavy atom. The lowest BCUT2D eigenvalue weighted by atomic mass is 10.2. The van der Waals surface area contributed by atoms with Crippen LogP contribution in [0.15, 0.2) is 12.3 Å². The summed E-state index contributed by atoms with van der Waals surface area (Å²) in [5, 5.41) is 18.2. The smallest absolute Gasteiger partial charge is 0.153 e. The van der Waals surface area contributed by atoms with E-state index in [4.69, 9.17) is 15.7 Å². The minimum atomic E-state index is -0.160. The van der Waals surface area contributed by atoms with Gasteiger partial charge in [-0.1, -0.05) is 0 Å². The van der Waals surface area contributed by atoms with Gasteiger partial charge in [-0.05, 0) is 6.07 Å². The van der Waals surface area contributed by atoms with Crippen LogP contribution in [0.4, 0.5) is 11.5 Å². The SMILES string of the molecule is N#Cc1ccnc(N2CCOCC2CO)c1N. The van der Waals surface area contributed by atoms with Crippen LogP contribution in [0.25, 0.3) is 0 Å². The quantitative estimate of drug-likeness (QED) is 0.731. The maximum Gasteiger partial charge on any atom is 0.153 e. The van der Waals surface area contributed by atoms with Crippen molar-refractivity contribution >= 4 is 11.5 Å². The molecule has 90 valence electrons. The number of rotatable bonds is 2. The summed E-state index contributed by atoms with van der Waals surface area (Å²) in [6.07, 6.45) is 1.55. The molecule has 0 aromatic carbocycles. The van der Waals surface area contributed by atoms with Gasteiger partial charge in [-0.2, -0.15) is 5.26 Å². The minimum absolute atomic E-state index is 0.0299. The van der Waals surface area contributed by atoms with E-state index in [2.05, 4.69) is 4.98 Å². The average molecular weight is 234 g/mol. The number of ether oxygens (including phenoxy) is 1. The van der Waals surface area contributed by atoms with Gasteiger partial charge in [0.1, 0.15) is 6.07 Å². The fourth-order valence-corrected chi connectivity index (χ4v) is 1.87. The Balaban J connectivity index is 2.35. The average Bonchev–Trinajstić information content (AvgIpc) is 2.39. The predicted octanol–water partition coefficient (Wildman–Crippen LogP) is -0.267. The summed E-state index contributed by atoms with van der Waals surface area (Å²) in [5.41, 5.74) is 6.65. The van der Waals surface area contributed by atoms with Gasteiger partial charge in [0.2, 0.25) is 0 Å². The maximum atomic E-state index is 9.28. The number of anilines is 2. The number of nitrogens with zero attached hydrogens (tertiary/aromatic N) is 3. The van der Waals surface area contributed by atoms with Crippen LogP contribution in [-0.2, 0) is 4.74 Å². The second kappa shape index (κ2) is 4.99. The fraction of sp³-hybridized carbons (Fsp3) is 0.455. The van der Waals surface area contributed by atoms with Gasteiger partial charge < -0.3 is 20.5 Å². The fourth-order valence-electron chi connectivity index (χ4n) is 1.87. The highest BCUT2D eigenvalue weighted by atomic mass is 16.5. The Morgan fingerprint density at radius 3 is 3.24 bits per heavy atom. The highest BCUT2D eigenvalue weighted by Crippen LogP contribution is 2.26. The van der Waals surface area contributed by atoms with Crippen LogP contribution >= 0.6 is 0 Å². The lowest BCUT2D eigenvalue weighted by Crippen LogP contribution is -2.48. The number of nitriles is 1. The first-order chi connectivity index (χ1) is 8.27. The van der Waals surface area contributed by atoms with Gasteiger partial charge in [0.25, 0.3) is 0 Å². The molecule has 1 saturated heterocycles. The van der Waals surface area contributed by atoms with Crippen molar-refractivity contribution in [2.45, 2.75) is 6.04 Å². The number of aliphatic hydroxyl groups is 1. The molecule has 17 heavy (non-hydrogen) atoms. The zero-order valence-electron chi connectivity index (χ0n) is 9.33. The first kappa shape index (κ1) is 11.6. The van der Waals surface area contributed by atoms with Crippen molar-refractivity contribution in [1.29, 1.82) is 5.26 Å². The highest BCUT2D eigenvalue weighted by molar-refractivity contribution is 5.70. The third-order valence-corrected chi connectivity index (χ3v) is 2.80. The molecule has 2 rings (SSSR count). The number of pyridine rings is 1. The third-order valence-electron chi connectivity index (χ3n) is 2.80. The van der Waals surface area contributed by atoms with Gasteiger partial charge in [-0.3, -0.25) is 0 Å². The summed E-state index contributed by atoms with van der Waals surface area (Å²) < 4.78 is 5.29. The van der Waals surface area contributed by atoms with Crippen LogP contribution in [0.5, 0.6) is 0 Å². The Kier molecular flexibility index (Phi) is 3.42. The molecule has 2 heterocycles. The van der Waals surface area contributed by atoms with Crippen LogP contribution < -0.4 is 10.6 Å². The molecule has 0 spiro atoms. The molecule has 1 atom stereocenters. The predicted molar refractivity (Wildman–Crippen MR) is 62.4 cm³/mol. The zero-order chi connectivity index (χ0) is 12.3. The lowest BCUT2D eigenvalue weighted by Gasteiger charge is -2.35. The van der Waals surface area contributed by atoms with Gasteiger partial charge in [0.05, 0.1) is 37.1 Å². The summed E-state index contributed by atoms with van der Waals surface area (Å²) in [4.78, 5) is 6.08. The van der Waals surface area contributed by atoms with Gasteiger partial charge >= 0.3 is 0 Å². The van der Waals surface area contributed by atoms with Gasteiger partial charge in [-0.25, -0.2) is 4.98 Å². The van der Waals surface area contributed by atoms with E-state index in [1.165, 1.54) is 0 Å². The van der Waals surface area contributed by atoms with Crippen molar-refractivity contribution in [3.8, 4) is 6.07 Å². The monoisotopic (exact) mass is 234 g/mol. The van der Waals surface area contributed by atoms with Crippen LogP contribution in [0.1, 0.15) is 5.56 Å². The first-order valence-electron chi connectivity index (χ1n) is 5.37. The molecule has 1 aliphatic heterocycles. The molecular formula is C11H14N4O2. The molecule has 1 aromatic heterocycles. The van der Waals surface area contributed by atoms with E-state index >= 15 is 0 Å². The Bertz CT molecular complexity index is 444. The number of aromatic nitrogens is 1. The van der Waals surface area contributed by atoms with Crippen molar-refractivity contribution in [2.24, 2.45) is 0 Å². The number of nitrogens with two attached hydrogens (primary N) is 1. The molecule has 1 aliphatic rings. The van der Waals surface area contributed by atoms with E-state index in [0.717, 1.165) is 0 Å². The molecule has 0 radical (unpaired) electrons. The van der Waals surface area contributed by atoms with Crippen molar-refractivity contribution in [1.82, 2.24) is 4.98 Å². The Hall–Kier alpha value is -1.84. The largest absolute Gasteiger partial charge is 0.395 e. The van der Waals surface area contributed by atoms with Crippen molar-refractivity contribution in [3.05, 3.63) is 17.8 Å². The van der Waals surface area contributed by atoms with Crippen molar-refractivity contribution in [2.75, 3.05) is 37.0 Å². The number of morpholine rings is 1. The molecule has 6 heteroatoms. The molecule has 0 saturated carbocycles. The van der Waals surface area contributed by atoms with E-state index < -0.39 is 0 Å². The molecule has 1 unspecified atom stereocenters. The second-order valence-corrected chi connectivity index (χ2v) is 3.81. The number of hydrogen-bond acceptors (Lipinski definition) is 6. The standard InChI is InChI=1S/C11H14N4O2/c12-5-8-1-2-14-11(10(8)13)15-3-4-17-7-9(15)6-16/h1-2,9,16H,3-4,6-7,13H2. The molecule has 6 nitrogen and oxygen atoms in total. The summed E-state index contributed by atoms with van der Waals surface area (Å²) in [5.74, 6) is 0.548. The zero-order valence-corrected chi connectivity index (χ0v) is 9.33. The molecule has 0 aliphatic carbocycles.